The van der Waals surface area contributed by atoms with E-state index in [0.717, 1.165) is 38.2 Å². The van der Waals surface area contributed by atoms with Crippen LogP contribution in [0.5, 0.6) is 0 Å². The Bertz CT molecular complexity index is 387. The van der Waals surface area contributed by atoms with Crippen LogP contribution in [0.25, 0.3) is 0 Å². The zero-order chi connectivity index (χ0) is 14.1. The number of nitrogens with one attached hydrogen (secondary N) is 1. The molecule has 0 saturated carbocycles. The molecule has 1 aromatic carbocycles. The minimum Gasteiger partial charge on any atom is -0.300 e. The molecule has 0 radical (unpaired) electrons. The molecular weight excluding hydrogens is 234 g/mol. The van der Waals surface area contributed by atoms with E-state index in [1.54, 1.807) is 0 Å². The van der Waals surface area contributed by atoms with Crippen molar-refractivity contribution < 1.29 is 0 Å². The predicted molar refractivity (Wildman–Crippen MR) is 79.7 cm³/mol. The van der Waals surface area contributed by atoms with Crippen LogP contribution in [-0.2, 0) is 6.54 Å². The van der Waals surface area contributed by atoms with E-state index in [0.29, 0.717) is 0 Å². The van der Waals surface area contributed by atoms with E-state index in [2.05, 4.69) is 61.3 Å². The summed E-state index contributed by atoms with van der Waals surface area (Å²) >= 11 is 0. The molecule has 0 aliphatic carbocycles. The molecule has 0 heterocycles. The van der Waals surface area contributed by atoms with Crippen molar-refractivity contribution in [3.8, 4) is 6.07 Å². The van der Waals surface area contributed by atoms with Crippen LogP contribution in [0.2, 0.25) is 0 Å². The van der Waals surface area contributed by atoms with E-state index in [9.17, 15) is 5.26 Å². The third kappa shape index (κ3) is 5.02. The molecule has 0 fully saturated rings. The summed E-state index contributed by atoms with van der Waals surface area (Å²) in [5.74, 6) is 0. The summed E-state index contributed by atoms with van der Waals surface area (Å²) in [5.41, 5.74) is 2.36. The maximum Gasteiger partial charge on any atom is 0.121 e. The average Bonchev–Trinajstić information content (AvgIpc) is 2.47. The minimum absolute atomic E-state index is 0.192. The molecule has 1 unspecified atom stereocenters. The van der Waals surface area contributed by atoms with Crippen LogP contribution in [0.3, 0.4) is 0 Å². The Kier molecular flexibility index (Phi) is 7.17. The first-order valence-electron chi connectivity index (χ1n) is 7.19. The van der Waals surface area contributed by atoms with Gasteiger partial charge < -0.3 is 0 Å². The fourth-order valence-corrected chi connectivity index (χ4v) is 2.05. The third-order valence-electron chi connectivity index (χ3n) is 3.34. The lowest BCUT2D eigenvalue weighted by molar-refractivity contribution is 0.296. The van der Waals surface area contributed by atoms with E-state index in [1.165, 1.54) is 5.56 Å². The van der Waals surface area contributed by atoms with Crippen LogP contribution in [0.15, 0.2) is 24.3 Å². The summed E-state index contributed by atoms with van der Waals surface area (Å²) in [4.78, 5) is 2.38. The number of hydrogen-bond donors (Lipinski definition) is 1. The fraction of sp³-hybridized carbons (Fsp3) is 0.562. The first-order valence-corrected chi connectivity index (χ1v) is 7.19. The number of benzene rings is 1. The van der Waals surface area contributed by atoms with E-state index >= 15 is 0 Å². The lowest BCUT2D eigenvalue weighted by Crippen LogP contribution is -2.22. The Morgan fingerprint density at radius 2 is 1.79 bits per heavy atom. The molecule has 0 amide bonds. The molecule has 0 aromatic heterocycles. The second-order valence-corrected chi connectivity index (χ2v) is 4.72. The summed E-state index contributed by atoms with van der Waals surface area (Å²) in [7, 11) is 0. The van der Waals surface area contributed by atoms with Crippen molar-refractivity contribution in [2.75, 3.05) is 19.6 Å². The molecule has 0 saturated heterocycles. The van der Waals surface area contributed by atoms with Gasteiger partial charge in [0.15, 0.2) is 0 Å². The summed E-state index contributed by atoms with van der Waals surface area (Å²) in [6, 6.07) is 10.5. The summed E-state index contributed by atoms with van der Waals surface area (Å²) in [6.07, 6.45) is 1.04. The van der Waals surface area contributed by atoms with Crippen molar-refractivity contribution in [3.05, 3.63) is 35.4 Å². The summed E-state index contributed by atoms with van der Waals surface area (Å²) in [6.45, 7) is 10.5. The molecule has 1 N–H and O–H groups in total. The van der Waals surface area contributed by atoms with Gasteiger partial charge in [-0.3, -0.25) is 10.2 Å². The van der Waals surface area contributed by atoms with Crippen molar-refractivity contribution in [2.45, 2.75) is 39.8 Å². The molecule has 0 aliphatic heterocycles. The van der Waals surface area contributed by atoms with Gasteiger partial charge in [-0.2, -0.15) is 5.26 Å². The molecule has 0 aliphatic rings. The third-order valence-corrected chi connectivity index (χ3v) is 3.34. The number of hydrogen-bond acceptors (Lipinski definition) is 3. The molecule has 3 nitrogen and oxygen atoms in total. The van der Waals surface area contributed by atoms with Gasteiger partial charge in [0.1, 0.15) is 6.04 Å². The maximum absolute atomic E-state index is 9.18. The van der Waals surface area contributed by atoms with Crippen molar-refractivity contribution in [2.24, 2.45) is 0 Å². The van der Waals surface area contributed by atoms with Gasteiger partial charge in [0.2, 0.25) is 0 Å². The first-order chi connectivity index (χ1) is 9.24. The second kappa shape index (κ2) is 8.68. The van der Waals surface area contributed by atoms with Gasteiger partial charge >= 0.3 is 0 Å². The Morgan fingerprint density at radius 3 is 2.26 bits per heavy atom. The van der Waals surface area contributed by atoms with Crippen LogP contribution in [0, 0.1) is 11.3 Å². The Labute approximate surface area is 117 Å². The molecule has 0 bridgehead atoms. The SMILES string of the molecule is CCCNC(C#N)c1ccc(CN(CC)CC)cc1. The van der Waals surface area contributed by atoms with Crippen LogP contribution in [-0.4, -0.2) is 24.5 Å². The molecule has 19 heavy (non-hydrogen) atoms. The standard InChI is InChI=1S/C16H25N3/c1-4-11-18-16(12-17)15-9-7-14(8-10-15)13-19(5-2)6-3/h7-10,16,18H,4-6,11,13H2,1-3H3. The largest absolute Gasteiger partial charge is 0.300 e. The molecule has 1 rings (SSSR count). The molecule has 0 spiro atoms. The molecule has 3 heteroatoms. The summed E-state index contributed by atoms with van der Waals surface area (Å²) < 4.78 is 0. The van der Waals surface area contributed by atoms with Crippen LogP contribution >= 0.6 is 0 Å². The zero-order valence-electron chi connectivity index (χ0n) is 12.3. The molecule has 1 aromatic rings. The highest BCUT2D eigenvalue weighted by molar-refractivity contribution is 5.28. The number of nitrogens with zero attached hydrogens (tertiary/aromatic N) is 2. The van der Waals surface area contributed by atoms with E-state index in [4.69, 9.17) is 0 Å². The Balaban J connectivity index is 2.67. The first kappa shape index (κ1) is 15.7. The zero-order valence-corrected chi connectivity index (χ0v) is 12.3. The Morgan fingerprint density at radius 1 is 1.16 bits per heavy atom. The topological polar surface area (TPSA) is 39.1 Å². The Hall–Kier alpha value is -1.37. The monoisotopic (exact) mass is 259 g/mol. The predicted octanol–water partition coefficient (Wildman–Crippen LogP) is 3.09. The summed E-state index contributed by atoms with van der Waals surface area (Å²) in [5, 5.41) is 12.4. The van der Waals surface area contributed by atoms with Crippen molar-refractivity contribution in [1.82, 2.24) is 10.2 Å². The second-order valence-electron chi connectivity index (χ2n) is 4.72. The van der Waals surface area contributed by atoms with Gasteiger partial charge in [-0.15, -0.1) is 0 Å². The average molecular weight is 259 g/mol. The highest BCUT2D eigenvalue weighted by atomic mass is 15.1. The van der Waals surface area contributed by atoms with E-state index in [-0.39, 0.29) is 6.04 Å². The van der Waals surface area contributed by atoms with Gasteiger partial charge in [0.25, 0.3) is 0 Å². The van der Waals surface area contributed by atoms with Gasteiger partial charge in [0.05, 0.1) is 6.07 Å². The van der Waals surface area contributed by atoms with Crippen LogP contribution < -0.4 is 5.32 Å². The maximum atomic E-state index is 9.18. The van der Waals surface area contributed by atoms with E-state index in [1.807, 2.05) is 0 Å². The fourth-order valence-electron chi connectivity index (χ4n) is 2.05. The minimum atomic E-state index is -0.192. The number of rotatable bonds is 8. The van der Waals surface area contributed by atoms with Gasteiger partial charge in [-0.25, -0.2) is 0 Å². The van der Waals surface area contributed by atoms with E-state index < -0.39 is 0 Å². The quantitative estimate of drug-likeness (QED) is 0.779. The van der Waals surface area contributed by atoms with Crippen molar-refractivity contribution in [3.63, 3.8) is 0 Å². The molecule has 1 atom stereocenters. The van der Waals surface area contributed by atoms with Crippen molar-refractivity contribution in [1.29, 1.82) is 5.26 Å². The van der Waals surface area contributed by atoms with Crippen LogP contribution in [0.4, 0.5) is 0 Å². The highest BCUT2D eigenvalue weighted by Crippen LogP contribution is 2.14. The molecule has 104 valence electrons. The van der Waals surface area contributed by atoms with Crippen molar-refractivity contribution >= 4 is 0 Å². The van der Waals surface area contributed by atoms with Gasteiger partial charge in [-0.1, -0.05) is 45.0 Å². The lowest BCUT2D eigenvalue weighted by Gasteiger charge is -2.18. The number of nitriles is 1. The van der Waals surface area contributed by atoms with Crippen LogP contribution in [0.1, 0.15) is 44.4 Å². The molecular formula is C16H25N3. The van der Waals surface area contributed by atoms with Gasteiger partial charge in [0, 0.05) is 6.54 Å². The van der Waals surface area contributed by atoms with Gasteiger partial charge in [-0.05, 0) is 37.2 Å². The lowest BCUT2D eigenvalue weighted by atomic mass is 10.1. The smallest absolute Gasteiger partial charge is 0.121 e. The normalized spacial score (nSPS) is 12.4. The highest BCUT2D eigenvalue weighted by Gasteiger charge is 2.09.